The van der Waals surface area contributed by atoms with Gasteiger partial charge in [0.2, 0.25) is 11.6 Å². The van der Waals surface area contributed by atoms with E-state index in [1.54, 1.807) is 11.5 Å². The molecule has 1 aromatic rings. The highest BCUT2D eigenvalue weighted by molar-refractivity contribution is 7.99. The number of nitrogens with one attached hydrogen (secondary N) is 1. The maximum atomic E-state index is 11.1. The molecule has 0 amide bonds. The fourth-order valence-electron chi connectivity index (χ4n) is 2.56. The first kappa shape index (κ1) is 14.2. The second kappa shape index (κ2) is 5.81. The number of imidazole rings is 1. The van der Waals surface area contributed by atoms with Crippen LogP contribution in [0.1, 0.15) is 32.0 Å². The SMILES string of the molecule is CCSC1CCCC1Nc1c([N+](=O)[O-])nc(C)n1C. The van der Waals surface area contributed by atoms with Crippen molar-refractivity contribution in [3.63, 3.8) is 0 Å². The Bertz CT molecular complexity index is 475. The Morgan fingerprint density at radius 3 is 2.95 bits per heavy atom. The minimum absolute atomic E-state index is 0.0628. The third-order valence-corrected chi connectivity index (χ3v) is 4.95. The Kier molecular flexibility index (Phi) is 4.34. The van der Waals surface area contributed by atoms with Crippen LogP contribution in [0.15, 0.2) is 0 Å². The molecule has 2 atom stereocenters. The van der Waals surface area contributed by atoms with E-state index in [9.17, 15) is 10.1 Å². The van der Waals surface area contributed by atoms with Crippen LogP contribution < -0.4 is 5.32 Å². The first-order valence-electron chi connectivity index (χ1n) is 6.60. The first-order valence-corrected chi connectivity index (χ1v) is 7.65. The lowest BCUT2D eigenvalue weighted by molar-refractivity contribution is -0.388. The molecule has 1 heterocycles. The highest BCUT2D eigenvalue weighted by atomic mass is 32.2. The molecule has 19 heavy (non-hydrogen) atoms. The van der Waals surface area contributed by atoms with Crippen molar-refractivity contribution in [2.24, 2.45) is 7.05 Å². The molecule has 1 aromatic heterocycles. The predicted molar refractivity (Wildman–Crippen MR) is 77.8 cm³/mol. The van der Waals surface area contributed by atoms with Crippen molar-refractivity contribution in [1.29, 1.82) is 0 Å². The Morgan fingerprint density at radius 2 is 2.32 bits per heavy atom. The van der Waals surface area contributed by atoms with Gasteiger partial charge in [-0.15, -0.1) is 0 Å². The summed E-state index contributed by atoms with van der Waals surface area (Å²) in [4.78, 5) is 14.7. The smallest absolute Gasteiger partial charge is 0.360 e. The number of aryl methyl sites for hydroxylation is 1. The predicted octanol–water partition coefficient (Wildman–Crippen LogP) is 2.72. The molecule has 0 radical (unpaired) electrons. The van der Waals surface area contributed by atoms with Gasteiger partial charge in [-0.3, -0.25) is 4.57 Å². The molecular weight excluding hydrogens is 264 g/mol. The van der Waals surface area contributed by atoms with Gasteiger partial charge in [-0.1, -0.05) is 13.3 Å². The van der Waals surface area contributed by atoms with Gasteiger partial charge in [0.1, 0.15) is 0 Å². The van der Waals surface area contributed by atoms with Crippen molar-refractivity contribution in [2.75, 3.05) is 11.1 Å². The highest BCUT2D eigenvalue weighted by Crippen LogP contribution is 2.34. The zero-order valence-electron chi connectivity index (χ0n) is 11.5. The fourth-order valence-corrected chi connectivity index (χ4v) is 3.76. The molecule has 2 unspecified atom stereocenters. The molecule has 0 spiro atoms. The van der Waals surface area contributed by atoms with E-state index in [1.807, 2.05) is 18.8 Å². The standard InChI is InChI=1S/C12H20N4O2S/c1-4-19-10-7-5-6-9(10)14-11-12(16(17)18)13-8(2)15(11)3/h9-10,14H,4-7H2,1-3H3. The average Bonchev–Trinajstić information content (AvgIpc) is 2.90. The molecule has 0 aliphatic heterocycles. The largest absolute Gasteiger partial charge is 0.406 e. The van der Waals surface area contributed by atoms with E-state index < -0.39 is 4.92 Å². The molecule has 6 nitrogen and oxygen atoms in total. The molecule has 7 heteroatoms. The van der Waals surface area contributed by atoms with Crippen LogP contribution in [0.4, 0.5) is 11.6 Å². The third-order valence-electron chi connectivity index (χ3n) is 3.63. The second-order valence-electron chi connectivity index (χ2n) is 4.82. The Balaban J connectivity index is 2.20. The average molecular weight is 284 g/mol. The molecule has 1 aliphatic carbocycles. The van der Waals surface area contributed by atoms with Crippen molar-refractivity contribution in [1.82, 2.24) is 9.55 Å². The van der Waals surface area contributed by atoms with Gasteiger partial charge in [-0.05, 0) is 28.5 Å². The normalized spacial score (nSPS) is 22.7. The number of hydrogen-bond acceptors (Lipinski definition) is 5. The van der Waals surface area contributed by atoms with Crippen LogP contribution in [-0.4, -0.2) is 31.5 Å². The van der Waals surface area contributed by atoms with Gasteiger partial charge in [0.05, 0.1) is 0 Å². The van der Waals surface area contributed by atoms with E-state index in [0.717, 1.165) is 12.2 Å². The van der Waals surface area contributed by atoms with Gasteiger partial charge in [0, 0.05) is 25.3 Å². The van der Waals surface area contributed by atoms with Gasteiger partial charge in [0.25, 0.3) is 0 Å². The lowest BCUT2D eigenvalue weighted by atomic mass is 10.2. The van der Waals surface area contributed by atoms with E-state index in [1.165, 1.54) is 12.8 Å². The fraction of sp³-hybridized carbons (Fsp3) is 0.750. The van der Waals surface area contributed by atoms with Crippen LogP contribution in [0.3, 0.4) is 0 Å². The number of hydrogen-bond donors (Lipinski definition) is 1. The molecule has 1 aliphatic rings. The second-order valence-corrected chi connectivity index (χ2v) is 6.34. The van der Waals surface area contributed by atoms with Gasteiger partial charge < -0.3 is 15.4 Å². The lowest BCUT2D eigenvalue weighted by Gasteiger charge is -2.20. The summed E-state index contributed by atoms with van der Waals surface area (Å²) in [7, 11) is 1.81. The molecule has 1 N–H and O–H groups in total. The molecule has 2 rings (SSSR count). The first-order chi connectivity index (χ1) is 9.04. The van der Waals surface area contributed by atoms with Crippen molar-refractivity contribution in [2.45, 2.75) is 44.4 Å². The minimum Gasteiger partial charge on any atom is -0.360 e. The molecule has 0 aromatic carbocycles. The number of rotatable bonds is 5. The van der Waals surface area contributed by atoms with Crippen LogP contribution >= 0.6 is 11.8 Å². The van der Waals surface area contributed by atoms with Crippen molar-refractivity contribution in [3.05, 3.63) is 15.9 Å². The maximum Gasteiger partial charge on any atom is 0.406 e. The number of thioether (sulfide) groups is 1. The summed E-state index contributed by atoms with van der Waals surface area (Å²) < 4.78 is 1.77. The van der Waals surface area contributed by atoms with Crippen LogP contribution in [0.25, 0.3) is 0 Å². The van der Waals surface area contributed by atoms with E-state index in [4.69, 9.17) is 0 Å². The van der Waals surface area contributed by atoms with Crippen molar-refractivity contribution < 1.29 is 4.92 Å². The van der Waals surface area contributed by atoms with Gasteiger partial charge >= 0.3 is 5.82 Å². The van der Waals surface area contributed by atoms with E-state index in [2.05, 4.69) is 17.2 Å². The van der Waals surface area contributed by atoms with E-state index in [-0.39, 0.29) is 5.82 Å². The molecule has 106 valence electrons. The summed E-state index contributed by atoms with van der Waals surface area (Å²) in [5, 5.41) is 14.9. The molecule has 1 saturated carbocycles. The number of nitro groups is 1. The number of anilines is 1. The summed E-state index contributed by atoms with van der Waals surface area (Å²) in [5.74, 6) is 2.21. The highest BCUT2D eigenvalue weighted by Gasteiger charge is 2.31. The number of nitrogens with zero attached hydrogens (tertiary/aromatic N) is 3. The summed E-state index contributed by atoms with van der Waals surface area (Å²) in [6, 6.07) is 0.304. The van der Waals surface area contributed by atoms with Crippen molar-refractivity contribution >= 4 is 23.4 Å². The minimum atomic E-state index is -0.410. The maximum absolute atomic E-state index is 11.1. The third kappa shape index (κ3) is 2.86. The topological polar surface area (TPSA) is 73.0 Å². The van der Waals surface area contributed by atoms with Gasteiger partial charge in [-0.25, -0.2) is 0 Å². The van der Waals surface area contributed by atoms with Crippen LogP contribution in [0.5, 0.6) is 0 Å². The zero-order chi connectivity index (χ0) is 14.0. The van der Waals surface area contributed by atoms with Gasteiger partial charge in [-0.2, -0.15) is 11.8 Å². The lowest BCUT2D eigenvalue weighted by Crippen LogP contribution is -2.27. The molecule has 0 bridgehead atoms. The molecule has 0 saturated heterocycles. The molecule has 1 fully saturated rings. The number of aromatic nitrogens is 2. The summed E-state index contributed by atoms with van der Waals surface area (Å²) in [5.41, 5.74) is 0. The van der Waals surface area contributed by atoms with E-state index in [0.29, 0.717) is 22.9 Å². The van der Waals surface area contributed by atoms with Crippen LogP contribution in [0, 0.1) is 17.0 Å². The zero-order valence-corrected chi connectivity index (χ0v) is 12.4. The van der Waals surface area contributed by atoms with Crippen LogP contribution in [0.2, 0.25) is 0 Å². The Labute approximate surface area is 117 Å². The van der Waals surface area contributed by atoms with Crippen LogP contribution in [-0.2, 0) is 7.05 Å². The monoisotopic (exact) mass is 284 g/mol. The van der Waals surface area contributed by atoms with Crippen molar-refractivity contribution in [3.8, 4) is 0 Å². The summed E-state index contributed by atoms with van der Waals surface area (Å²) in [6.45, 7) is 3.93. The Hall–Kier alpha value is -1.24. The Morgan fingerprint density at radius 1 is 1.58 bits per heavy atom. The quantitative estimate of drug-likeness (QED) is 0.665. The molecular formula is C12H20N4O2S. The van der Waals surface area contributed by atoms with Gasteiger partial charge in [0.15, 0.2) is 0 Å². The summed E-state index contributed by atoms with van der Waals surface area (Å²) >= 11 is 1.93. The summed E-state index contributed by atoms with van der Waals surface area (Å²) in [6.07, 6.45) is 3.43. The van der Waals surface area contributed by atoms with E-state index >= 15 is 0 Å².